The normalized spacial score (nSPS) is 13.7. The number of nitrogens with one attached hydrogen (secondary N) is 1. The Hall–Kier alpha value is -3.01. The molecule has 2 atom stereocenters. The number of carboxylic acid groups (broad SMARTS) is 1. The molecule has 1 amide bonds. The van der Waals surface area contributed by atoms with Gasteiger partial charge in [-0.2, -0.15) is 0 Å². The van der Waals surface area contributed by atoms with Gasteiger partial charge >= 0.3 is 6.09 Å². The Bertz CT molecular complexity index is 1120. The zero-order valence-corrected chi connectivity index (χ0v) is 17.2. The second kappa shape index (κ2) is 9.21. The van der Waals surface area contributed by atoms with Crippen molar-refractivity contribution in [2.45, 2.75) is 24.0 Å². The number of hydrogen-bond donors (Lipinski definition) is 3. The third-order valence-electron chi connectivity index (χ3n) is 4.62. The predicted molar refractivity (Wildman–Crippen MR) is 113 cm³/mol. The minimum absolute atomic E-state index is 0.0826. The molecule has 0 aliphatic carbocycles. The van der Waals surface area contributed by atoms with E-state index in [0.29, 0.717) is 5.56 Å². The lowest BCUT2D eigenvalue weighted by molar-refractivity contribution is 0.0939. The molecule has 0 saturated carbocycles. The van der Waals surface area contributed by atoms with Crippen LogP contribution >= 0.6 is 0 Å². The molecule has 0 saturated heterocycles. The van der Waals surface area contributed by atoms with Gasteiger partial charge in [-0.25, -0.2) is 17.9 Å². The topological polar surface area (TPSA) is 120 Å². The Labute approximate surface area is 174 Å². The SMILES string of the molecule is C[C@H](CN(C[C@H](O)c1ccccc1)C(=O)O)NS(=O)(=O)c1ccc2cnccc2c1. The lowest BCUT2D eigenvalue weighted by Gasteiger charge is -2.26. The van der Waals surface area contributed by atoms with E-state index >= 15 is 0 Å². The van der Waals surface area contributed by atoms with Crippen LogP contribution in [0.3, 0.4) is 0 Å². The van der Waals surface area contributed by atoms with E-state index in [-0.39, 0.29) is 18.0 Å². The summed E-state index contributed by atoms with van der Waals surface area (Å²) in [5.41, 5.74) is 0.586. The molecule has 0 aliphatic heterocycles. The number of amides is 1. The standard InChI is InChI=1S/C21H23N3O5S/c1-15(13-24(21(26)27)14-20(25)16-5-3-2-4-6-16)23-30(28,29)19-8-7-18-12-22-10-9-17(18)11-19/h2-12,15,20,23,25H,13-14H2,1H3,(H,26,27)/t15-,20+/m1/s1. The minimum atomic E-state index is -3.86. The molecule has 9 heteroatoms. The Kier molecular flexibility index (Phi) is 6.66. The first-order chi connectivity index (χ1) is 14.3. The predicted octanol–water partition coefficient (Wildman–Crippen LogP) is 2.62. The number of aromatic nitrogens is 1. The molecular weight excluding hydrogens is 406 g/mol. The summed E-state index contributed by atoms with van der Waals surface area (Å²) in [6, 6.07) is 14.4. The molecule has 0 aliphatic rings. The maximum absolute atomic E-state index is 12.7. The fourth-order valence-electron chi connectivity index (χ4n) is 3.15. The molecule has 30 heavy (non-hydrogen) atoms. The summed E-state index contributed by atoms with van der Waals surface area (Å²) >= 11 is 0. The van der Waals surface area contributed by atoms with Gasteiger partial charge in [-0.05, 0) is 36.1 Å². The van der Waals surface area contributed by atoms with Crippen LogP contribution in [0.25, 0.3) is 10.8 Å². The molecule has 2 aromatic carbocycles. The second-order valence-electron chi connectivity index (χ2n) is 7.02. The first-order valence-corrected chi connectivity index (χ1v) is 10.8. The number of aliphatic hydroxyl groups excluding tert-OH is 1. The van der Waals surface area contributed by atoms with Crippen LogP contribution in [0.4, 0.5) is 4.79 Å². The summed E-state index contributed by atoms with van der Waals surface area (Å²) in [6.45, 7) is 1.29. The van der Waals surface area contributed by atoms with Crippen LogP contribution in [-0.2, 0) is 10.0 Å². The van der Waals surface area contributed by atoms with E-state index in [2.05, 4.69) is 9.71 Å². The van der Waals surface area contributed by atoms with Crippen LogP contribution in [0.15, 0.2) is 71.9 Å². The number of nitrogens with zero attached hydrogens (tertiary/aromatic N) is 2. The summed E-state index contributed by atoms with van der Waals surface area (Å²) in [6.07, 6.45) is 0.969. The second-order valence-corrected chi connectivity index (χ2v) is 8.73. The van der Waals surface area contributed by atoms with Crippen molar-refractivity contribution >= 4 is 26.9 Å². The van der Waals surface area contributed by atoms with Crippen LogP contribution in [0.5, 0.6) is 0 Å². The summed E-state index contributed by atoms with van der Waals surface area (Å²) in [7, 11) is -3.86. The average molecular weight is 429 g/mol. The monoisotopic (exact) mass is 429 g/mol. The molecule has 3 N–H and O–H groups in total. The number of fused-ring (bicyclic) bond motifs is 1. The minimum Gasteiger partial charge on any atom is -0.465 e. The van der Waals surface area contributed by atoms with Gasteiger partial charge in [-0.3, -0.25) is 4.98 Å². The van der Waals surface area contributed by atoms with Crippen molar-refractivity contribution in [3.05, 3.63) is 72.6 Å². The van der Waals surface area contributed by atoms with Crippen molar-refractivity contribution in [1.29, 1.82) is 0 Å². The van der Waals surface area contributed by atoms with Crippen molar-refractivity contribution in [2.75, 3.05) is 13.1 Å². The zero-order chi connectivity index (χ0) is 21.7. The average Bonchev–Trinajstić information content (AvgIpc) is 2.73. The van der Waals surface area contributed by atoms with Crippen LogP contribution < -0.4 is 4.72 Å². The van der Waals surface area contributed by atoms with Gasteiger partial charge in [0.2, 0.25) is 10.0 Å². The molecule has 158 valence electrons. The smallest absolute Gasteiger partial charge is 0.407 e. The van der Waals surface area contributed by atoms with Crippen molar-refractivity contribution in [1.82, 2.24) is 14.6 Å². The fraction of sp³-hybridized carbons (Fsp3) is 0.238. The lowest BCUT2D eigenvalue weighted by atomic mass is 10.1. The van der Waals surface area contributed by atoms with Gasteiger partial charge in [-0.15, -0.1) is 0 Å². The number of rotatable bonds is 8. The van der Waals surface area contributed by atoms with Crippen molar-refractivity contribution < 1.29 is 23.4 Å². The number of carbonyl (C=O) groups is 1. The molecule has 0 unspecified atom stereocenters. The molecule has 3 rings (SSSR count). The van der Waals surface area contributed by atoms with Gasteiger partial charge in [0.25, 0.3) is 0 Å². The first kappa shape index (κ1) is 21.7. The van der Waals surface area contributed by atoms with E-state index in [1.54, 1.807) is 67.8 Å². The van der Waals surface area contributed by atoms with Gasteiger partial charge in [0, 0.05) is 30.4 Å². The van der Waals surface area contributed by atoms with Crippen LogP contribution in [0, 0.1) is 0 Å². The highest BCUT2D eigenvalue weighted by atomic mass is 32.2. The highest BCUT2D eigenvalue weighted by Crippen LogP contribution is 2.19. The van der Waals surface area contributed by atoms with E-state index in [0.717, 1.165) is 15.7 Å². The fourth-order valence-corrected chi connectivity index (χ4v) is 4.42. The van der Waals surface area contributed by atoms with Crippen LogP contribution in [-0.4, -0.2) is 53.7 Å². The van der Waals surface area contributed by atoms with Crippen molar-refractivity contribution in [3.8, 4) is 0 Å². The van der Waals surface area contributed by atoms with Gasteiger partial charge in [-0.1, -0.05) is 36.4 Å². The van der Waals surface area contributed by atoms with E-state index in [4.69, 9.17) is 0 Å². The summed E-state index contributed by atoms with van der Waals surface area (Å²) in [5.74, 6) is 0. The number of pyridine rings is 1. The molecule has 3 aromatic rings. The van der Waals surface area contributed by atoms with E-state index in [1.165, 1.54) is 6.07 Å². The molecule has 0 spiro atoms. The molecule has 0 radical (unpaired) electrons. The van der Waals surface area contributed by atoms with Gasteiger partial charge < -0.3 is 15.1 Å². The lowest BCUT2D eigenvalue weighted by Crippen LogP contribution is -2.45. The number of benzene rings is 2. The Morgan fingerprint density at radius 1 is 1.10 bits per heavy atom. The molecule has 0 fully saturated rings. The maximum Gasteiger partial charge on any atom is 0.407 e. The van der Waals surface area contributed by atoms with Crippen LogP contribution in [0.2, 0.25) is 0 Å². The molecule has 8 nitrogen and oxygen atoms in total. The van der Waals surface area contributed by atoms with Crippen LogP contribution in [0.1, 0.15) is 18.6 Å². The van der Waals surface area contributed by atoms with E-state index < -0.39 is 28.3 Å². The summed E-state index contributed by atoms with van der Waals surface area (Å²) < 4.78 is 28.0. The molecule has 0 bridgehead atoms. The highest BCUT2D eigenvalue weighted by molar-refractivity contribution is 7.89. The van der Waals surface area contributed by atoms with Crippen molar-refractivity contribution in [3.63, 3.8) is 0 Å². The van der Waals surface area contributed by atoms with Crippen molar-refractivity contribution in [2.24, 2.45) is 0 Å². The molecule has 1 aromatic heterocycles. The number of aliphatic hydroxyl groups is 1. The number of hydrogen-bond acceptors (Lipinski definition) is 5. The van der Waals surface area contributed by atoms with E-state index in [9.17, 15) is 23.4 Å². The largest absolute Gasteiger partial charge is 0.465 e. The van der Waals surface area contributed by atoms with Gasteiger partial charge in [0.05, 0.1) is 17.5 Å². The summed E-state index contributed by atoms with van der Waals surface area (Å²) in [4.78, 5) is 16.7. The Balaban J connectivity index is 1.69. The first-order valence-electron chi connectivity index (χ1n) is 9.33. The third-order valence-corrected chi connectivity index (χ3v) is 6.21. The van der Waals surface area contributed by atoms with Gasteiger partial charge in [0.1, 0.15) is 0 Å². The Morgan fingerprint density at radius 3 is 2.53 bits per heavy atom. The quantitative estimate of drug-likeness (QED) is 0.506. The highest BCUT2D eigenvalue weighted by Gasteiger charge is 2.23. The molecular formula is C21H23N3O5S. The van der Waals surface area contributed by atoms with E-state index in [1.807, 2.05) is 0 Å². The van der Waals surface area contributed by atoms with Gasteiger partial charge in [0.15, 0.2) is 0 Å². The zero-order valence-electron chi connectivity index (χ0n) is 16.3. The Morgan fingerprint density at radius 2 is 1.83 bits per heavy atom. The summed E-state index contributed by atoms with van der Waals surface area (Å²) in [5, 5.41) is 21.3. The number of sulfonamides is 1. The maximum atomic E-state index is 12.7. The third kappa shape index (κ3) is 5.32. The molecule has 1 heterocycles.